The van der Waals surface area contributed by atoms with E-state index in [2.05, 4.69) is 9.97 Å². The zero-order valence-electron chi connectivity index (χ0n) is 11.0. The lowest BCUT2D eigenvalue weighted by Crippen LogP contribution is -2.25. The molecule has 0 aliphatic heterocycles. The van der Waals surface area contributed by atoms with Crippen LogP contribution in [-0.4, -0.2) is 29.3 Å². The van der Waals surface area contributed by atoms with E-state index in [9.17, 15) is 14.7 Å². The second-order valence-corrected chi connectivity index (χ2v) is 4.13. The molecule has 0 radical (unpaired) electrons. The SMILES string of the molecule is COc1cc(Cc2c(O)[nH]c(=O)[nH]c2=O)cc(OC)c1. The zero-order chi connectivity index (χ0) is 14.7. The largest absolute Gasteiger partial charge is 0.497 e. The molecule has 0 amide bonds. The molecule has 1 aromatic carbocycles. The zero-order valence-corrected chi connectivity index (χ0v) is 11.0. The first-order valence-electron chi connectivity index (χ1n) is 5.80. The fraction of sp³-hybridized carbons (Fsp3) is 0.231. The summed E-state index contributed by atoms with van der Waals surface area (Å²) in [7, 11) is 3.03. The smallest absolute Gasteiger partial charge is 0.328 e. The predicted molar refractivity (Wildman–Crippen MR) is 71.7 cm³/mol. The Kier molecular flexibility index (Phi) is 3.79. The summed E-state index contributed by atoms with van der Waals surface area (Å²) in [5.41, 5.74) is -0.610. The van der Waals surface area contributed by atoms with Crippen molar-refractivity contribution in [3.05, 3.63) is 50.2 Å². The van der Waals surface area contributed by atoms with Crippen LogP contribution >= 0.6 is 0 Å². The normalized spacial score (nSPS) is 10.3. The summed E-state index contributed by atoms with van der Waals surface area (Å²) in [5.74, 6) is 0.694. The Morgan fingerprint density at radius 2 is 1.65 bits per heavy atom. The maximum atomic E-state index is 11.7. The Hall–Kier alpha value is -2.70. The molecule has 0 atom stereocenters. The van der Waals surface area contributed by atoms with Crippen LogP contribution in [0.3, 0.4) is 0 Å². The second-order valence-electron chi connectivity index (χ2n) is 4.13. The lowest BCUT2D eigenvalue weighted by atomic mass is 10.1. The number of hydrogen-bond donors (Lipinski definition) is 3. The van der Waals surface area contributed by atoms with E-state index in [0.717, 1.165) is 0 Å². The molecule has 2 rings (SSSR count). The average Bonchev–Trinajstić information content (AvgIpc) is 2.42. The highest BCUT2D eigenvalue weighted by Gasteiger charge is 2.11. The van der Waals surface area contributed by atoms with Crippen molar-refractivity contribution < 1.29 is 14.6 Å². The van der Waals surface area contributed by atoms with Gasteiger partial charge >= 0.3 is 5.69 Å². The van der Waals surface area contributed by atoms with Gasteiger partial charge in [0.05, 0.1) is 19.8 Å². The number of aromatic amines is 2. The highest BCUT2D eigenvalue weighted by atomic mass is 16.5. The molecule has 0 saturated heterocycles. The molecule has 2 aromatic rings. The molecular formula is C13H14N2O5. The third kappa shape index (κ3) is 2.82. The van der Waals surface area contributed by atoms with Crippen LogP contribution < -0.4 is 20.7 Å². The number of H-pyrrole nitrogens is 2. The van der Waals surface area contributed by atoms with Crippen LogP contribution in [0.4, 0.5) is 0 Å². The van der Waals surface area contributed by atoms with Crippen molar-refractivity contribution in [2.45, 2.75) is 6.42 Å². The monoisotopic (exact) mass is 278 g/mol. The van der Waals surface area contributed by atoms with Crippen molar-refractivity contribution in [3.8, 4) is 17.4 Å². The molecule has 106 valence electrons. The van der Waals surface area contributed by atoms with Crippen LogP contribution in [0.15, 0.2) is 27.8 Å². The van der Waals surface area contributed by atoms with Gasteiger partial charge in [-0.3, -0.25) is 14.8 Å². The molecule has 0 spiro atoms. The molecule has 7 nitrogen and oxygen atoms in total. The van der Waals surface area contributed by atoms with E-state index in [-0.39, 0.29) is 12.0 Å². The highest BCUT2D eigenvalue weighted by molar-refractivity contribution is 5.41. The van der Waals surface area contributed by atoms with E-state index < -0.39 is 17.1 Å². The fourth-order valence-corrected chi connectivity index (χ4v) is 1.84. The van der Waals surface area contributed by atoms with E-state index in [1.807, 2.05) is 0 Å². The number of benzene rings is 1. The van der Waals surface area contributed by atoms with Crippen molar-refractivity contribution in [3.63, 3.8) is 0 Å². The summed E-state index contributed by atoms with van der Waals surface area (Å²) in [5, 5.41) is 9.65. The van der Waals surface area contributed by atoms with Gasteiger partial charge in [-0.1, -0.05) is 0 Å². The number of rotatable bonds is 4. The predicted octanol–water partition coefficient (Wildman–Crippen LogP) is 0.377. The van der Waals surface area contributed by atoms with Crippen molar-refractivity contribution >= 4 is 0 Å². The first kappa shape index (κ1) is 13.7. The molecule has 0 unspecified atom stereocenters. The number of methoxy groups -OCH3 is 2. The highest BCUT2D eigenvalue weighted by Crippen LogP contribution is 2.24. The van der Waals surface area contributed by atoms with Gasteiger partial charge in [0.1, 0.15) is 11.5 Å². The van der Waals surface area contributed by atoms with E-state index in [4.69, 9.17) is 9.47 Å². The van der Waals surface area contributed by atoms with E-state index in [0.29, 0.717) is 17.1 Å². The summed E-state index contributed by atoms with van der Waals surface area (Å²) in [4.78, 5) is 26.9. The Bertz CT molecular complexity index is 710. The van der Waals surface area contributed by atoms with Crippen LogP contribution in [0.25, 0.3) is 0 Å². The number of nitrogens with one attached hydrogen (secondary N) is 2. The number of aromatic hydroxyl groups is 1. The van der Waals surface area contributed by atoms with Gasteiger partial charge in [-0.15, -0.1) is 0 Å². The molecule has 1 aromatic heterocycles. The lowest BCUT2D eigenvalue weighted by molar-refractivity contribution is 0.393. The number of hydrogen-bond acceptors (Lipinski definition) is 5. The minimum atomic E-state index is -0.750. The van der Waals surface area contributed by atoms with Gasteiger partial charge in [0.25, 0.3) is 5.56 Å². The Morgan fingerprint density at radius 3 is 2.15 bits per heavy atom. The van der Waals surface area contributed by atoms with E-state index in [1.54, 1.807) is 18.2 Å². The Balaban J connectivity index is 2.44. The number of ether oxygens (including phenoxy) is 2. The fourth-order valence-electron chi connectivity index (χ4n) is 1.84. The van der Waals surface area contributed by atoms with E-state index in [1.165, 1.54) is 14.2 Å². The van der Waals surface area contributed by atoms with E-state index >= 15 is 0 Å². The van der Waals surface area contributed by atoms with Gasteiger partial charge in [0.2, 0.25) is 5.88 Å². The van der Waals surface area contributed by atoms with Gasteiger partial charge in [0, 0.05) is 12.5 Å². The quantitative estimate of drug-likeness (QED) is 0.749. The van der Waals surface area contributed by atoms with Crippen LogP contribution in [0, 0.1) is 0 Å². The maximum absolute atomic E-state index is 11.7. The van der Waals surface area contributed by atoms with Gasteiger partial charge < -0.3 is 14.6 Å². The third-order valence-electron chi connectivity index (χ3n) is 2.81. The average molecular weight is 278 g/mol. The molecule has 0 aliphatic carbocycles. The third-order valence-corrected chi connectivity index (χ3v) is 2.81. The van der Waals surface area contributed by atoms with Crippen molar-refractivity contribution in [2.75, 3.05) is 14.2 Å². The molecule has 7 heteroatoms. The summed E-state index contributed by atoms with van der Waals surface area (Å²) in [6.45, 7) is 0. The van der Waals surface area contributed by atoms with Crippen LogP contribution in [-0.2, 0) is 6.42 Å². The lowest BCUT2D eigenvalue weighted by Gasteiger charge is -2.08. The van der Waals surface area contributed by atoms with Gasteiger partial charge in [-0.2, -0.15) is 0 Å². The molecule has 0 saturated carbocycles. The van der Waals surface area contributed by atoms with Crippen molar-refractivity contribution in [2.24, 2.45) is 0 Å². The first-order chi connectivity index (χ1) is 9.53. The Labute approximate surface area is 113 Å². The van der Waals surface area contributed by atoms with Crippen LogP contribution in [0.1, 0.15) is 11.1 Å². The van der Waals surface area contributed by atoms with Gasteiger partial charge in [0.15, 0.2) is 0 Å². The van der Waals surface area contributed by atoms with Crippen LogP contribution in [0.2, 0.25) is 0 Å². The summed E-state index contributed by atoms with van der Waals surface area (Å²) >= 11 is 0. The molecule has 20 heavy (non-hydrogen) atoms. The van der Waals surface area contributed by atoms with Crippen molar-refractivity contribution in [1.82, 2.24) is 9.97 Å². The molecule has 0 aliphatic rings. The second kappa shape index (κ2) is 5.52. The molecule has 3 N–H and O–H groups in total. The maximum Gasteiger partial charge on any atom is 0.328 e. The van der Waals surface area contributed by atoms with Gasteiger partial charge in [-0.25, -0.2) is 4.79 Å². The minimum absolute atomic E-state index is 0.0694. The molecule has 0 fully saturated rings. The van der Waals surface area contributed by atoms with Crippen LogP contribution in [0.5, 0.6) is 17.4 Å². The van der Waals surface area contributed by atoms with Gasteiger partial charge in [-0.05, 0) is 17.7 Å². The molecular weight excluding hydrogens is 264 g/mol. The standard InChI is InChI=1S/C13H14N2O5/c1-19-8-3-7(4-9(6-8)20-2)5-10-11(16)14-13(18)15-12(10)17/h3-4,6H,5H2,1-2H3,(H3,14,15,16,17,18). The topological polar surface area (TPSA) is 104 Å². The molecule has 1 heterocycles. The van der Waals surface area contributed by atoms with Crippen molar-refractivity contribution in [1.29, 1.82) is 0 Å². The summed E-state index contributed by atoms with van der Waals surface area (Å²) < 4.78 is 10.3. The Morgan fingerprint density at radius 1 is 1.05 bits per heavy atom. The summed E-state index contributed by atoms with van der Waals surface area (Å²) in [6.07, 6.45) is 0.130. The summed E-state index contributed by atoms with van der Waals surface area (Å²) in [6, 6.07) is 5.12. The number of aromatic nitrogens is 2. The minimum Gasteiger partial charge on any atom is -0.497 e. The molecule has 0 bridgehead atoms. The first-order valence-corrected chi connectivity index (χ1v) is 5.80.